The fourth-order valence-electron chi connectivity index (χ4n) is 2.56. The topological polar surface area (TPSA) is 94.6 Å². The minimum absolute atomic E-state index is 0.0564. The van der Waals surface area contributed by atoms with E-state index in [1.165, 1.54) is 48.8 Å². The summed E-state index contributed by atoms with van der Waals surface area (Å²) >= 11 is 5.92. The number of aryl methyl sites for hydroxylation is 1. The van der Waals surface area contributed by atoms with E-state index in [9.17, 15) is 13.2 Å². The van der Waals surface area contributed by atoms with Gasteiger partial charge in [-0.25, -0.2) is 13.2 Å². The van der Waals surface area contributed by atoms with Gasteiger partial charge in [0.05, 0.1) is 22.7 Å². The maximum Gasteiger partial charge on any atom is 0.342 e. The molecule has 0 atom stereocenters. The molecule has 3 rings (SSSR count). The molecule has 7 nitrogen and oxygen atoms in total. The predicted octanol–water partition coefficient (Wildman–Crippen LogP) is 4.81. The van der Waals surface area contributed by atoms with Gasteiger partial charge in [0.2, 0.25) is 0 Å². The van der Waals surface area contributed by atoms with Crippen LogP contribution in [0.15, 0.2) is 65.8 Å². The third kappa shape index (κ3) is 5.28. The Morgan fingerprint density at radius 1 is 1.10 bits per heavy atom. The van der Waals surface area contributed by atoms with Crippen LogP contribution in [0.2, 0.25) is 5.02 Å². The van der Waals surface area contributed by atoms with Gasteiger partial charge in [0.15, 0.2) is 0 Å². The van der Waals surface area contributed by atoms with Gasteiger partial charge < -0.3 is 9.47 Å². The molecular weight excluding hydrogens is 428 g/mol. The van der Waals surface area contributed by atoms with Crippen molar-refractivity contribution in [3.05, 3.63) is 77.1 Å². The van der Waals surface area contributed by atoms with Crippen LogP contribution < -0.4 is 9.46 Å². The highest BCUT2D eigenvalue weighted by Crippen LogP contribution is 2.30. The summed E-state index contributed by atoms with van der Waals surface area (Å²) in [6, 6.07) is 12.3. The van der Waals surface area contributed by atoms with E-state index in [1.807, 2.05) is 6.92 Å². The number of benzene rings is 2. The lowest BCUT2D eigenvalue weighted by Gasteiger charge is -2.14. The molecule has 30 heavy (non-hydrogen) atoms. The molecule has 1 aromatic heterocycles. The monoisotopic (exact) mass is 446 g/mol. The second kappa shape index (κ2) is 9.15. The highest BCUT2D eigenvalue weighted by atomic mass is 35.5. The Bertz CT molecular complexity index is 1160. The summed E-state index contributed by atoms with van der Waals surface area (Å²) in [6.45, 7) is 3.68. The van der Waals surface area contributed by atoms with Gasteiger partial charge in [-0.15, -0.1) is 0 Å². The summed E-state index contributed by atoms with van der Waals surface area (Å²) in [7, 11) is -3.83. The van der Waals surface area contributed by atoms with Crippen molar-refractivity contribution in [3.63, 3.8) is 0 Å². The molecule has 0 saturated heterocycles. The van der Waals surface area contributed by atoms with Crippen molar-refractivity contribution < 1.29 is 22.7 Å². The molecule has 1 heterocycles. The van der Waals surface area contributed by atoms with Gasteiger partial charge in [-0.05, 0) is 44.2 Å². The summed E-state index contributed by atoms with van der Waals surface area (Å²) in [5.74, 6) is -0.157. The number of carbonyl (C=O) groups is 1. The molecule has 0 fully saturated rings. The zero-order valence-corrected chi connectivity index (χ0v) is 17.8. The van der Waals surface area contributed by atoms with Gasteiger partial charge in [-0.2, -0.15) is 0 Å². The quantitative estimate of drug-likeness (QED) is 0.523. The number of esters is 1. The van der Waals surface area contributed by atoms with Crippen molar-refractivity contribution in [2.75, 3.05) is 11.3 Å². The van der Waals surface area contributed by atoms with E-state index in [0.717, 1.165) is 5.56 Å². The third-order valence-corrected chi connectivity index (χ3v) is 5.57. The second-order valence-corrected chi connectivity index (χ2v) is 8.41. The summed E-state index contributed by atoms with van der Waals surface area (Å²) < 4.78 is 38.6. The number of halogens is 1. The first-order valence-electron chi connectivity index (χ1n) is 8.97. The van der Waals surface area contributed by atoms with E-state index in [0.29, 0.717) is 10.8 Å². The van der Waals surface area contributed by atoms with Gasteiger partial charge in [0, 0.05) is 18.0 Å². The fourth-order valence-corrected chi connectivity index (χ4v) is 3.77. The highest BCUT2D eigenvalue weighted by Gasteiger charge is 2.19. The summed E-state index contributed by atoms with van der Waals surface area (Å²) in [4.78, 5) is 16.5. The number of aromatic nitrogens is 1. The molecule has 3 aromatic rings. The Balaban J connectivity index is 1.93. The number of sulfonamides is 1. The van der Waals surface area contributed by atoms with E-state index in [4.69, 9.17) is 21.1 Å². The standard InChI is InChI=1S/C21H19ClN2O5S/c1-3-28-21(25)19-11-16(24-30(26,27)18-7-4-14(2)5-8-18)6-9-20(19)29-17-10-15(22)12-23-13-17/h4-13,24H,3H2,1-2H3. The maximum absolute atomic E-state index is 12.7. The van der Waals surface area contributed by atoms with Crippen molar-refractivity contribution in [2.45, 2.75) is 18.7 Å². The van der Waals surface area contributed by atoms with Crippen LogP contribution in [0.1, 0.15) is 22.8 Å². The molecule has 0 aliphatic carbocycles. The summed E-state index contributed by atoms with van der Waals surface area (Å²) in [5, 5.41) is 0.368. The van der Waals surface area contributed by atoms with Crippen LogP contribution in [-0.2, 0) is 14.8 Å². The van der Waals surface area contributed by atoms with Gasteiger partial charge in [-0.3, -0.25) is 9.71 Å². The van der Waals surface area contributed by atoms with E-state index in [2.05, 4.69) is 9.71 Å². The first kappa shape index (κ1) is 21.6. The Morgan fingerprint density at radius 2 is 1.83 bits per heavy atom. The van der Waals surface area contributed by atoms with E-state index in [-0.39, 0.29) is 28.5 Å². The number of nitrogens with zero attached hydrogens (tertiary/aromatic N) is 1. The lowest BCUT2D eigenvalue weighted by molar-refractivity contribution is 0.0523. The molecule has 9 heteroatoms. The average Bonchev–Trinajstić information content (AvgIpc) is 2.69. The summed E-state index contributed by atoms with van der Waals surface area (Å²) in [5.41, 5.74) is 1.19. The van der Waals surface area contributed by atoms with Crippen LogP contribution in [0.25, 0.3) is 0 Å². The van der Waals surface area contributed by atoms with Crippen LogP contribution in [-0.4, -0.2) is 26.0 Å². The SMILES string of the molecule is CCOC(=O)c1cc(NS(=O)(=O)c2ccc(C)cc2)ccc1Oc1cncc(Cl)c1. The predicted molar refractivity (Wildman–Crippen MR) is 114 cm³/mol. The molecule has 0 saturated carbocycles. The minimum atomic E-state index is -3.83. The van der Waals surface area contributed by atoms with E-state index >= 15 is 0 Å². The van der Waals surface area contributed by atoms with Crippen molar-refractivity contribution in [1.82, 2.24) is 4.98 Å². The number of rotatable bonds is 7. The van der Waals surface area contributed by atoms with Crippen LogP contribution in [0.5, 0.6) is 11.5 Å². The van der Waals surface area contributed by atoms with Crippen LogP contribution >= 0.6 is 11.6 Å². The minimum Gasteiger partial charge on any atom is -0.462 e. The first-order chi connectivity index (χ1) is 14.3. The smallest absolute Gasteiger partial charge is 0.342 e. The number of pyridine rings is 1. The first-order valence-corrected chi connectivity index (χ1v) is 10.8. The van der Waals surface area contributed by atoms with E-state index in [1.54, 1.807) is 19.1 Å². The summed E-state index contributed by atoms with van der Waals surface area (Å²) in [6.07, 6.45) is 2.89. The highest BCUT2D eigenvalue weighted by molar-refractivity contribution is 7.92. The maximum atomic E-state index is 12.7. The molecule has 0 aliphatic rings. The van der Waals surface area contributed by atoms with Crippen molar-refractivity contribution in [3.8, 4) is 11.5 Å². The van der Waals surface area contributed by atoms with Crippen molar-refractivity contribution >= 4 is 33.3 Å². The van der Waals surface area contributed by atoms with Crippen molar-refractivity contribution in [2.24, 2.45) is 0 Å². The normalized spacial score (nSPS) is 11.0. The third-order valence-electron chi connectivity index (χ3n) is 3.97. The van der Waals surface area contributed by atoms with Crippen LogP contribution in [0, 0.1) is 6.92 Å². The fraction of sp³-hybridized carbons (Fsp3) is 0.143. The molecule has 0 spiro atoms. The molecular formula is C21H19ClN2O5S. The molecule has 0 unspecified atom stereocenters. The number of nitrogens with one attached hydrogen (secondary N) is 1. The number of ether oxygens (including phenoxy) is 2. The Hall–Kier alpha value is -3.10. The Labute approximate surface area is 179 Å². The number of carbonyl (C=O) groups excluding carboxylic acids is 1. The van der Waals surface area contributed by atoms with E-state index < -0.39 is 16.0 Å². The number of hydrogen-bond donors (Lipinski definition) is 1. The van der Waals surface area contributed by atoms with Crippen LogP contribution in [0.4, 0.5) is 5.69 Å². The lowest BCUT2D eigenvalue weighted by Crippen LogP contribution is -2.14. The molecule has 0 aliphatic heterocycles. The van der Waals surface area contributed by atoms with Gasteiger partial charge in [0.25, 0.3) is 10.0 Å². The zero-order chi connectivity index (χ0) is 21.7. The average molecular weight is 447 g/mol. The molecule has 0 radical (unpaired) electrons. The number of anilines is 1. The lowest BCUT2D eigenvalue weighted by atomic mass is 10.2. The number of hydrogen-bond acceptors (Lipinski definition) is 6. The largest absolute Gasteiger partial charge is 0.462 e. The molecule has 2 aromatic carbocycles. The molecule has 156 valence electrons. The molecule has 0 bridgehead atoms. The second-order valence-electron chi connectivity index (χ2n) is 6.29. The van der Waals surface area contributed by atoms with Crippen molar-refractivity contribution in [1.29, 1.82) is 0 Å². The zero-order valence-electron chi connectivity index (χ0n) is 16.3. The van der Waals surface area contributed by atoms with Crippen LogP contribution in [0.3, 0.4) is 0 Å². The van der Waals surface area contributed by atoms with Gasteiger partial charge >= 0.3 is 5.97 Å². The van der Waals surface area contributed by atoms with Gasteiger partial charge in [0.1, 0.15) is 17.1 Å². The van der Waals surface area contributed by atoms with Gasteiger partial charge in [-0.1, -0.05) is 29.3 Å². The Morgan fingerprint density at radius 3 is 2.50 bits per heavy atom. The molecule has 0 amide bonds. The molecule has 1 N–H and O–H groups in total. The Kier molecular flexibility index (Phi) is 6.59.